The van der Waals surface area contributed by atoms with E-state index in [0.717, 1.165) is 24.0 Å². The zero-order valence-corrected chi connectivity index (χ0v) is 18.3. The van der Waals surface area contributed by atoms with Crippen LogP contribution in [-0.4, -0.2) is 22.6 Å². The third-order valence-electron chi connectivity index (χ3n) is 6.78. The van der Waals surface area contributed by atoms with Crippen molar-refractivity contribution in [3.05, 3.63) is 82.9 Å². The molecular weight excluding hydrogens is 400 g/mol. The maximum Gasteiger partial charge on any atom is 0.335 e. The molecule has 1 aliphatic rings. The zero-order chi connectivity index (χ0) is 22.7. The average molecular weight is 429 g/mol. The third kappa shape index (κ3) is 4.64. The predicted molar refractivity (Wildman–Crippen MR) is 125 cm³/mol. The Morgan fingerprint density at radius 2 is 1.62 bits per heavy atom. The second kappa shape index (κ2) is 9.47. The molecule has 0 aliphatic heterocycles. The highest BCUT2D eigenvalue weighted by Crippen LogP contribution is 2.34. The summed E-state index contributed by atoms with van der Waals surface area (Å²) in [5, 5.41) is 11.7. The standard InChI is InChI=1S/C28H28O4/c1-18-12-13-19(16-25(18)28(31)32)6-4-11-23-24(27(30)17-26(23)29)15-14-21-9-5-8-20-7-2-3-10-22(20)21/h2-3,5,7-10,12-13,16,23-24H,4,6,11,14-15,17H2,1H3,(H,31,32)/t23-,24-/m1/s1. The second-order valence-electron chi connectivity index (χ2n) is 8.85. The van der Waals surface area contributed by atoms with Crippen LogP contribution in [0.15, 0.2) is 60.7 Å². The first-order chi connectivity index (χ1) is 15.4. The molecule has 1 saturated carbocycles. The molecule has 32 heavy (non-hydrogen) atoms. The van der Waals surface area contributed by atoms with Crippen LogP contribution in [0.2, 0.25) is 0 Å². The maximum absolute atomic E-state index is 12.6. The average Bonchev–Trinajstić information content (AvgIpc) is 3.05. The summed E-state index contributed by atoms with van der Waals surface area (Å²) < 4.78 is 0. The van der Waals surface area contributed by atoms with Crippen LogP contribution in [0.4, 0.5) is 0 Å². The van der Waals surface area contributed by atoms with E-state index in [1.165, 1.54) is 16.3 Å². The van der Waals surface area contributed by atoms with Crippen LogP contribution in [-0.2, 0) is 22.4 Å². The Morgan fingerprint density at radius 1 is 0.906 bits per heavy atom. The fourth-order valence-electron chi connectivity index (χ4n) is 5.01. The van der Waals surface area contributed by atoms with Gasteiger partial charge >= 0.3 is 5.97 Å². The van der Waals surface area contributed by atoms with E-state index in [1.807, 2.05) is 30.3 Å². The number of carboxylic acids is 1. The van der Waals surface area contributed by atoms with Gasteiger partial charge in [0, 0.05) is 11.8 Å². The summed E-state index contributed by atoms with van der Waals surface area (Å²) in [6.07, 6.45) is 3.66. The van der Waals surface area contributed by atoms with Crippen molar-refractivity contribution in [2.45, 2.75) is 45.4 Å². The van der Waals surface area contributed by atoms with Gasteiger partial charge in [-0.2, -0.15) is 0 Å². The molecular formula is C28H28O4. The summed E-state index contributed by atoms with van der Waals surface area (Å²) in [5.41, 5.74) is 3.24. The summed E-state index contributed by atoms with van der Waals surface area (Å²) in [7, 11) is 0. The van der Waals surface area contributed by atoms with E-state index in [2.05, 4.69) is 24.3 Å². The number of Topliss-reactive ketones (excluding diaryl/α,β-unsaturated/α-hetero) is 2. The molecule has 1 fully saturated rings. The number of ketones is 2. The van der Waals surface area contributed by atoms with Crippen LogP contribution < -0.4 is 0 Å². The van der Waals surface area contributed by atoms with Gasteiger partial charge in [-0.15, -0.1) is 0 Å². The van der Waals surface area contributed by atoms with Crippen LogP contribution in [0.1, 0.15) is 52.7 Å². The summed E-state index contributed by atoms with van der Waals surface area (Å²) in [6, 6.07) is 20.0. The highest BCUT2D eigenvalue weighted by Gasteiger charge is 2.40. The Kier molecular flexibility index (Phi) is 6.50. The largest absolute Gasteiger partial charge is 0.478 e. The predicted octanol–water partition coefficient (Wildman–Crippen LogP) is 5.58. The van der Waals surface area contributed by atoms with Crippen LogP contribution in [0.5, 0.6) is 0 Å². The molecule has 3 aromatic rings. The smallest absolute Gasteiger partial charge is 0.335 e. The molecule has 4 rings (SSSR count). The minimum Gasteiger partial charge on any atom is -0.478 e. The number of carbonyl (C=O) groups excluding carboxylic acids is 2. The van der Waals surface area contributed by atoms with Gasteiger partial charge in [0.2, 0.25) is 0 Å². The first-order valence-corrected chi connectivity index (χ1v) is 11.3. The topological polar surface area (TPSA) is 71.4 Å². The van der Waals surface area contributed by atoms with Crippen molar-refractivity contribution < 1.29 is 19.5 Å². The van der Waals surface area contributed by atoms with Gasteiger partial charge in [0.25, 0.3) is 0 Å². The molecule has 0 amide bonds. The summed E-state index contributed by atoms with van der Waals surface area (Å²) in [5.74, 6) is -1.22. The minimum atomic E-state index is -0.922. The number of carbonyl (C=O) groups is 3. The van der Waals surface area contributed by atoms with Crippen LogP contribution in [0, 0.1) is 18.8 Å². The molecule has 2 atom stereocenters. The van der Waals surface area contributed by atoms with Gasteiger partial charge in [0.1, 0.15) is 11.6 Å². The molecule has 0 heterocycles. The summed E-state index contributed by atoms with van der Waals surface area (Å²) in [6.45, 7) is 1.79. The van der Waals surface area contributed by atoms with E-state index in [4.69, 9.17) is 0 Å². The fraction of sp³-hybridized carbons (Fsp3) is 0.321. The lowest BCUT2D eigenvalue weighted by atomic mass is 9.85. The van der Waals surface area contributed by atoms with Crippen molar-refractivity contribution in [2.24, 2.45) is 11.8 Å². The van der Waals surface area contributed by atoms with Crippen molar-refractivity contribution >= 4 is 28.3 Å². The first-order valence-electron chi connectivity index (χ1n) is 11.3. The quantitative estimate of drug-likeness (QED) is 0.476. The van der Waals surface area contributed by atoms with Crippen molar-refractivity contribution in [3.8, 4) is 0 Å². The number of carboxylic acid groups (broad SMARTS) is 1. The fourth-order valence-corrected chi connectivity index (χ4v) is 5.01. The van der Waals surface area contributed by atoms with Gasteiger partial charge in [-0.1, -0.05) is 54.6 Å². The van der Waals surface area contributed by atoms with Crippen LogP contribution in [0.25, 0.3) is 10.8 Å². The van der Waals surface area contributed by atoms with Crippen molar-refractivity contribution in [1.29, 1.82) is 0 Å². The number of hydrogen-bond acceptors (Lipinski definition) is 3. The highest BCUT2D eigenvalue weighted by atomic mass is 16.4. The van der Waals surface area contributed by atoms with Gasteiger partial charge in [0.15, 0.2) is 0 Å². The summed E-state index contributed by atoms with van der Waals surface area (Å²) in [4.78, 5) is 36.5. The SMILES string of the molecule is Cc1ccc(CCC[C@H]2C(=O)CC(=O)[C@@H]2CCc2cccc3ccccc23)cc1C(=O)O. The molecule has 0 spiro atoms. The molecule has 0 unspecified atom stereocenters. The van der Waals surface area contributed by atoms with Crippen molar-refractivity contribution in [2.75, 3.05) is 0 Å². The Bertz CT molecular complexity index is 1170. The molecule has 0 aromatic heterocycles. The Morgan fingerprint density at radius 3 is 2.41 bits per heavy atom. The Hall–Kier alpha value is -3.27. The molecule has 3 aromatic carbocycles. The highest BCUT2D eigenvalue weighted by molar-refractivity contribution is 6.08. The minimum absolute atomic E-state index is 0.0541. The second-order valence-corrected chi connectivity index (χ2v) is 8.85. The molecule has 1 N–H and O–H groups in total. The number of aromatic carboxylic acids is 1. The van der Waals surface area contributed by atoms with Crippen molar-refractivity contribution in [3.63, 3.8) is 0 Å². The van der Waals surface area contributed by atoms with Gasteiger partial charge in [-0.05, 0) is 72.6 Å². The molecule has 4 heteroatoms. The van der Waals surface area contributed by atoms with Crippen LogP contribution in [0.3, 0.4) is 0 Å². The third-order valence-corrected chi connectivity index (χ3v) is 6.78. The molecule has 0 radical (unpaired) electrons. The Balaban J connectivity index is 1.40. The van der Waals surface area contributed by atoms with E-state index in [-0.39, 0.29) is 29.8 Å². The molecule has 0 saturated heterocycles. The number of hydrogen-bond donors (Lipinski definition) is 1. The van der Waals surface area contributed by atoms with Gasteiger partial charge in [-0.3, -0.25) is 9.59 Å². The number of aryl methyl sites for hydroxylation is 3. The first kappa shape index (κ1) is 21.9. The van der Waals surface area contributed by atoms with E-state index >= 15 is 0 Å². The lowest BCUT2D eigenvalue weighted by molar-refractivity contribution is -0.123. The number of benzene rings is 3. The Labute approximate surface area is 188 Å². The monoisotopic (exact) mass is 428 g/mol. The van der Waals surface area contributed by atoms with Gasteiger partial charge in [0.05, 0.1) is 12.0 Å². The summed E-state index contributed by atoms with van der Waals surface area (Å²) >= 11 is 0. The zero-order valence-electron chi connectivity index (χ0n) is 18.3. The van der Waals surface area contributed by atoms with Gasteiger partial charge in [-0.25, -0.2) is 4.79 Å². The lowest BCUT2D eigenvalue weighted by Gasteiger charge is -2.18. The maximum atomic E-state index is 12.6. The molecule has 4 nitrogen and oxygen atoms in total. The van der Waals surface area contributed by atoms with Gasteiger partial charge < -0.3 is 5.11 Å². The van der Waals surface area contributed by atoms with E-state index in [9.17, 15) is 19.5 Å². The molecule has 0 bridgehead atoms. The van der Waals surface area contributed by atoms with E-state index in [1.54, 1.807) is 13.0 Å². The number of rotatable bonds is 8. The lowest BCUT2D eigenvalue weighted by Crippen LogP contribution is -2.19. The van der Waals surface area contributed by atoms with Crippen molar-refractivity contribution in [1.82, 2.24) is 0 Å². The molecule has 1 aliphatic carbocycles. The van der Waals surface area contributed by atoms with E-state index < -0.39 is 5.97 Å². The van der Waals surface area contributed by atoms with E-state index in [0.29, 0.717) is 24.8 Å². The molecule has 164 valence electrons. The van der Waals surface area contributed by atoms with Crippen LogP contribution >= 0.6 is 0 Å². The number of fused-ring (bicyclic) bond motifs is 1. The normalized spacial score (nSPS) is 18.4.